The van der Waals surface area contributed by atoms with Crippen LogP contribution < -0.4 is 14.8 Å². The molecule has 1 fully saturated rings. The summed E-state index contributed by atoms with van der Waals surface area (Å²) in [6.07, 6.45) is 2.87. The molecule has 3 heterocycles. The molecule has 0 bridgehead atoms. The number of carbonyl (C=O) groups excluding carboxylic acids is 1. The molecule has 2 aromatic rings. The number of nitrogens with one attached hydrogen (secondary N) is 1. The summed E-state index contributed by atoms with van der Waals surface area (Å²) in [5, 5.41) is 5.12. The van der Waals surface area contributed by atoms with Crippen LogP contribution in [0.4, 0.5) is 0 Å². The molecular weight excluding hydrogens is 336 g/mol. The van der Waals surface area contributed by atoms with Crippen LogP contribution in [0, 0.1) is 0 Å². The van der Waals surface area contributed by atoms with Gasteiger partial charge in [0.05, 0.1) is 12.5 Å². The summed E-state index contributed by atoms with van der Waals surface area (Å²) in [6.45, 7) is 3.04. The number of rotatable bonds is 6. The van der Waals surface area contributed by atoms with Crippen LogP contribution in [-0.2, 0) is 11.2 Å². The first-order valence-corrected chi connectivity index (χ1v) is 9.60. The van der Waals surface area contributed by atoms with Crippen molar-refractivity contribution in [3.05, 3.63) is 46.2 Å². The van der Waals surface area contributed by atoms with Crippen LogP contribution in [0.2, 0.25) is 0 Å². The molecule has 4 rings (SSSR count). The lowest BCUT2D eigenvalue weighted by Gasteiger charge is -2.28. The average molecular weight is 358 g/mol. The van der Waals surface area contributed by atoms with E-state index in [1.807, 2.05) is 23.6 Å². The van der Waals surface area contributed by atoms with Crippen molar-refractivity contribution in [1.29, 1.82) is 0 Å². The van der Waals surface area contributed by atoms with Gasteiger partial charge in [0.15, 0.2) is 11.5 Å². The molecule has 0 unspecified atom stereocenters. The Labute approximate surface area is 151 Å². The summed E-state index contributed by atoms with van der Waals surface area (Å²) >= 11 is 1.62. The van der Waals surface area contributed by atoms with Crippen molar-refractivity contribution in [3.8, 4) is 11.5 Å². The van der Waals surface area contributed by atoms with E-state index in [0.29, 0.717) is 13.0 Å². The molecule has 1 saturated heterocycles. The van der Waals surface area contributed by atoms with Crippen molar-refractivity contribution >= 4 is 17.2 Å². The van der Waals surface area contributed by atoms with Crippen LogP contribution in [0.5, 0.6) is 11.5 Å². The zero-order valence-corrected chi connectivity index (χ0v) is 14.9. The molecule has 0 spiro atoms. The summed E-state index contributed by atoms with van der Waals surface area (Å²) in [5.41, 5.74) is 1.17. The topological polar surface area (TPSA) is 50.8 Å². The molecule has 2 aliphatic heterocycles. The lowest BCUT2D eigenvalue weighted by Crippen LogP contribution is -2.37. The Bertz CT molecular complexity index is 726. The molecule has 1 aromatic heterocycles. The molecule has 1 aromatic carbocycles. The third-order valence-electron chi connectivity index (χ3n) is 4.77. The number of likely N-dealkylation sites (tertiary alicyclic amines) is 1. The van der Waals surface area contributed by atoms with Crippen LogP contribution >= 0.6 is 11.3 Å². The van der Waals surface area contributed by atoms with Crippen molar-refractivity contribution in [3.63, 3.8) is 0 Å². The second-order valence-corrected chi connectivity index (χ2v) is 7.46. The molecule has 0 radical (unpaired) electrons. The minimum absolute atomic E-state index is 0.0763. The Morgan fingerprint density at radius 3 is 2.84 bits per heavy atom. The number of amides is 1. The van der Waals surface area contributed by atoms with Gasteiger partial charge in [0.25, 0.3) is 0 Å². The maximum atomic E-state index is 12.3. The number of nitrogens with zero attached hydrogens (tertiary/aromatic N) is 1. The Balaban J connectivity index is 1.45. The monoisotopic (exact) mass is 358 g/mol. The van der Waals surface area contributed by atoms with Gasteiger partial charge >= 0.3 is 0 Å². The quantitative estimate of drug-likeness (QED) is 0.863. The number of ether oxygens (including phenoxy) is 2. The van der Waals surface area contributed by atoms with Crippen LogP contribution in [-0.4, -0.2) is 37.2 Å². The molecule has 1 amide bonds. The van der Waals surface area contributed by atoms with E-state index in [-0.39, 0.29) is 18.7 Å². The summed E-state index contributed by atoms with van der Waals surface area (Å²) in [5.74, 6) is 1.67. The van der Waals surface area contributed by atoms with Gasteiger partial charge in [-0.05, 0) is 55.1 Å². The maximum absolute atomic E-state index is 12.3. The highest BCUT2D eigenvalue weighted by Crippen LogP contribution is 2.36. The summed E-state index contributed by atoms with van der Waals surface area (Å²) in [4.78, 5) is 15.8. The largest absolute Gasteiger partial charge is 0.454 e. The van der Waals surface area contributed by atoms with Gasteiger partial charge in [0, 0.05) is 11.4 Å². The standard InChI is InChI=1S/C19H22N2O3S/c22-19(11-15-4-3-9-25-15)20-12-16(21-7-1-2-8-21)14-5-6-17-18(10-14)24-13-23-17/h3-6,9-10,16H,1-2,7-8,11-13H2,(H,20,22)/t16-/m0/s1. The van der Waals surface area contributed by atoms with E-state index in [4.69, 9.17) is 9.47 Å². The number of thiophene rings is 1. The van der Waals surface area contributed by atoms with E-state index in [0.717, 1.165) is 29.5 Å². The number of fused-ring (bicyclic) bond motifs is 1. The molecule has 5 nitrogen and oxygen atoms in total. The Kier molecular flexibility index (Phi) is 4.90. The summed E-state index contributed by atoms with van der Waals surface area (Å²) in [7, 11) is 0. The lowest BCUT2D eigenvalue weighted by atomic mass is 10.0. The van der Waals surface area contributed by atoms with Gasteiger partial charge in [-0.25, -0.2) is 0 Å². The van der Waals surface area contributed by atoms with E-state index in [1.165, 1.54) is 18.4 Å². The Morgan fingerprint density at radius 2 is 2.04 bits per heavy atom. The Hall–Kier alpha value is -2.05. The third-order valence-corrected chi connectivity index (χ3v) is 5.65. The van der Waals surface area contributed by atoms with E-state index in [9.17, 15) is 4.79 Å². The first kappa shape index (κ1) is 16.4. The van der Waals surface area contributed by atoms with Crippen molar-refractivity contribution in [2.75, 3.05) is 26.4 Å². The highest BCUT2D eigenvalue weighted by molar-refractivity contribution is 7.10. The zero-order valence-electron chi connectivity index (χ0n) is 14.1. The van der Waals surface area contributed by atoms with Crippen molar-refractivity contribution in [2.45, 2.75) is 25.3 Å². The van der Waals surface area contributed by atoms with Gasteiger partial charge in [0.2, 0.25) is 12.7 Å². The number of carbonyl (C=O) groups is 1. The lowest BCUT2D eigenvalue weighted by molar-refractivity contribution is -0.120. The normalized spacial score (nSPS) is 17.6. The number of benzene rings is 1. The molecule has 2 aliphatic rings. The van der Waals surface area contributed by atoms with E-state index in [2.05, 4.69) is 22.3 Å². The fourth-order valence-electron chi connectivity index (χ4n) is 3.48. The average Bonchev–Trinajstić information content (AvgIpc) is 3.37. The Morgan fingerprint density at radius 1 is 1.20 bits per heavy atom. The smallest absolute Gasteiger partial charge is 0.231 e. The fourth-order valence-corrected chi connectivity index (χ4v) is 4.18. The fraction of sp³-hybridized carbons (Fsp3) is 0.421. The predicted octanol–water partition coefficient (Wildman–Crippen LogP) is 2.97. The molecule has 132 valence electrons. The van der Waals surface area contributed by atoms with E-state index in [1.54, 1.807) is 11.3 Å². The van der Waals surface area contributed by atoms with Crippen LogP contribution in [0.25, 0.3) is 0 Å². The van der Waals surface area contributed by atoms with Crippen molar-refractivity contribution in [1.82, 2.24) is 10.2 Å². The van der Waals surface area contributed by atoms with Crippen molar-refractivity contribution < 1.29 is 14.3 Å². The number of hydrogen-bond donors (Lipinski definition) is 1. The van der Waals surface area contributed by atoms with Gasteiger partial charge in [-0.15, -0.1) is 11.3 Å². The molecular formula is C19H22N2O3S. The molecule has 0 saturated carbocycles. The second-order valence-electron chi connectivity index (χ2n) is 6.43. The maximum Gasteiger partial charge on any atom is 0.231 e. The minimum atomic E-state index is 0.0763. The first-order valence-electron chi connectivity index (χ1n) is 8.72. The molecule has 1 N–H and O–H groups in total. The molecule has 0 aliphatic carbocycles. The van der Waals surface area contributed by atoms with Gasteiger partial charge in [-0.2, -0.15) is 0 Å². The van der Waals surface area contributed by atoms with Gasteiger partial charge in [-0.3, -0.25) is 9.69 Å². The minimum Gasteiger partial charge on any atom is -0.454 e. The van der Waals surface area contributed by atoms with Crippen LogP contribution in [0.15, 0.2) is 35.7 Å². The SMILES string of the molecule is O=C(Cc1cccs1)NC[C@@H](c1ccc2c(c1)OCO2)N1CCCC1. The molecule has 6 heteroatoms. The highest BCUT2D eigenvalue weighted by Gasteiger charge is 2.26. The first-order chi connectivity index (χ1) is 12.3. The van der Waals surface area contributed by atoms with Crippen LogP contribution in [0.3, 0.4) is 0 Å². The van der Waals surface area contributed by atoms with Crippen LogP contribution in [0.1, 0.15) is 29.3 Å². The predicted molar refractivity (Wildman–Crippen MR) is 97.1 cm³/mol. The summed E-state index contributed by atoms with van der Waals surface area (Å²) < 4.78 is 10.9. The van der Waals surface area contributed by atoms with Crippen molar-refractivity contribution in [2.24, 2.45) is 0 Å². The van der Waals surface area contributed by atoms with E-state index >= 15 is 0 Å². The zero-order chi connectivity index (χ0) is 17.1. The highest BCUT2D eigenvalue weighted by atomic mass is 32.1. The van der Waals surface area contributed by atoms with Gasteiger partial charge in [0.1, 0.15) is 0 Å². The number of hydrogen-bond acceptors (Lipinski definition) is 5. The third kappa shape index (κ3) is 3.80. The second kappa shape index (κ2) is 7.45. The summed E-state index contributed by atoms with van der Waals surface area (Å²) in [6, 6.07) is 10.3. The van der Waals surface area contributed by atoms with E-state index < -0.39 is 0 Å². The molecule has 1 atom stereocenters. The molecule has 25 heavy (non-hydrogen) atoms. The van der Waals surface area contributed by atoms with Gasteiger partial charge in [-0.1, -0.05) is 12.1 Å². The van der Waals surface area contributed by atoms with Gasteiger partial charge < -0.3 is 14.8 Å².